The lowest BCUT2D eigenvalue weighted by Gasteiger charge is -2.44. The molecule has 18 heteroatoms. The van der Waals surface area contributed by atoms with E-state index in [1.807, 2.05) is 6.92 Å². The lowest BCUT2D eigenvalue weighted by molar-refractivity contribution is -0.373. The highest BCUT2D eigenvalue weighted by molar-refractivity contribution is 4.95. The molecule has 2 aliphatic heterocycles. The Bertz CT molecular complexity index is 1050. The first kappa shape index (κ1) is 38.4. The minimum atomic E-state index is -1.78. The van der Waals surface area contributed by atoms with Gasteiger partial charge in [0.1, 0.15) is 48.4 Å². The standard InChI is InChI=1S/C28H50N6O12/c1-4-6-8-41-14-28(3,15-42-9-7-5-2)16-43-13-17-11-34(33-31-17)12-19-21(36)23(38)25(40)27(45-19)46-26-24(39)22(37)20(35)18(44-26)10-30-32-29/h11,18-27,35-40H,4-10,12-16H2,1-3H3/t18?,19?,20-,21-,22?,23?,24?,25?,26-,27-/m1/s1. The van der Waals surface area contributed by atoms with E-state index < -0.39 is 61.4 Å². The van der Waals surface area contributed by atoms with Gasteiger partial charge in [0, 0.05) is 23.5 Å². The highest BCUT2D eigenvalue weighted by atomic mass is 16.8. The number of unbranched alkanes of at least 4 members (excludes halogenated alkanes) is 2. The molecule has 0 amide bonds. The zero-order chi connectivity index (χ0) is 33.7. The summed E-state index contributed by atoms with van der Waals surface area (Å²) in [4.78, 5) is 2.58. The summed E-state index contributed by atoms with van der Waals surface area (Å²) in [5.74, 6) is 0. The summed E-state index contributed by atoms with van der Waals surface area (Å²) in [5, 5.41) is 73.8. The molecule has 6 N–H and O–H groups in total. The van der Waals surface area contributed by atoms with Gasteiger partial charge in [-0.3, -0.25) is 0 Å². The van der Waals surface area contributed by atoms with E-state index in [2.05, 4.69) is 34.2 Å². The van der Waals surface area contributed by atoms with E-state index >= 15 is 0 Å². The maximum atomic E-state index is 10.6. The average Bonchev–Trinajstić information content (AvgIpc) is 3.49. The van der Waals surface area contributed by atoms with Crippen molar-refractivity contribution in [3.63, 3.8) is 0 Å². The van der Waals surface area contributed by atoms with Gasteiger partial charge in [-0.1, -0.05) is 43.9 Å². The molecule has 264 valence electrons. The number of ether oxygens (including phenoxy) is 6. The van der Waals surface area contributed by atoms with Crippen molar-refractivity contribution >= 4 is 0 Å². The lowest BCUT2D eigenvalue weighted by Crippen LogP contribution is -2.63. The van der Waals surface area contributed by atoms with Crippen molar-refractivity contribution < 1.29 is 59.1 Å². The van der Waals surface area contributed by atoms with Crippen molar-refractivity contribution in [2.24, 2.45) is 10.5 Å². The van der Waals surface area contributed by atoms with Crippen LogP contribution in [0.4, 0.5) is 0 Å². The topological polar surface area (TPSA) is 256 Å². The Hall–Kier alpha value is -2.03. The molecule has 1 aromatic heterocycles. The molecular weight excluding hydrogens is 612 g/mol. The normalized spacial score (nSPS) is 31.9. The Morgan fingerprint density at radius 3 is 1.96 bits per heavy atom. The molecule has 10 atom stereocenters. The number of aromatic nitrogens is 3. The summed E-state index contributed by atoms with van der Waals surface area (Å²) in [7, 11) is 0. The minimum absolute atomic E-state index is 0.110. The SMILES string of the molecule is CCCCOCC(C)(COCCCC)COCc1cn(CC2O[C@H](O[C@H]3OC(CN=[N+]=[N-])[C@@H](O)C(O)C3O)C(O)C(O)[C@@H]2O)nn1. The molecule has 2 fully saturated rings. The highest BCUT2D eigenvalue weighted by Gasteiger charge is 2.49. The number of azide groups is 1. The molecule has 0 bridgehead atoms. The van der Waals surface area contributed by atoms with Gasteiger partial charge in [0.25, 0.3) is 0 Å². The van der Waals surface area contributed by atoms with Crippen LogP contribution in [0.2, 0.25) is 0 Å². The van der Waals surface area contributed by atoms with Crippen molar-refractivity contribution in [3.8, 4) is 0 Å². The molecule has 46 heavy (non-hydrogen) atoms. The molecule has 0 saturated carbocycles. The fourth-order valence-electron chi connectivity index (χ4n) is 4.94. The first-order valence-corrected chi connectivity index (χ1v) is 15.7. The van der Waals surface area contributed by atoms with E-state index in [1.165, 1.54) is 4.68 Å². The van der Waals surface area contributed by atoms with Crippen molar-refractivity contribution in [3.05, 3.63) is 22.3 Å². The second kappa shape index (κ2) is 19.1. The number of nitrogens with zero attached hydrogens (tertiary/aromatic N) is 6. The fraction of sp³-hybridized carbons (Fsp3) is 0.929. The molecular formula is C28H50N6O12. The molecule has 0 aromatic carbocycles. The molecule has 0 aliphatic carbocycles. The van der Waals surface area contributed by atoms with Crippen LogP contribution in [-0.4, -0.2) is 147 Å². The minimum Gasteiger partial charge on any atom is -0.388 e. The van der Waals surface area contributed by atoms with Crippen LogP contribution in [0.3, 0.4) is 0 Å². The maximum Gasteiger partial charge on any atom is 0.189 e. The fourth-order valence-corrected chi connectivity index (χ4v) is 4.94. The van der Waals surface area contributed by atoms with E-state index in [9.17, 15) is 30.6 Å². The zero-order valence-electron chi connectivity index (χ0n) is 26.7. The maximum absolute atomic E-state index is 10.6. The van der Waals surface area contributed by atoms with Crippen molar-refractivity contribution in [2.45, 2.75) is 121 Å². The quantitative estimate of drug-likeness (QED) is 0.0440. The van der Waals surface area contributed by atoms with Gasteiger partial charge >= 0.3 is 0 Å². The predicted molar refractivity (Wildman–Crippen MR) is 158 cm³/mol. The van der Waals surface area contributed by atoms with Gasteiger partial charge in [0.05, 0.1) is 51.8 Å². The Labute approximate surface area is 267 Å². The van der Waals surface area contributed by atoms with E-state index in [4.69, 9.17) is 34.0 Å². The van der Waals surface area contributed by atoms with Crippen LogP contribution in [0, 0.1) is 5.41 Å². The first-order chi connectivity index (χ1) is 22.0. The van der Waals surface area contributed by atoms with Crippen molar-refractivity contribution in [1.82, 2.24) is 15.0 Å². The van der Waals surface area contributed by atoms with Crippen LogP contribution >= 0.6 is 0 Å². The third-order valence-electron chi connectivity index (χ3n) is 7.77. The van der Waals surface area contributed by atoms with Crippen LogP contribution in [0.25, 0.3) is 10.4 Å². The van der Waals surface area contributed by atoms with Gasteiger partial charge < -0.3 is 59.1 Å². The van der Waals surface area contributed by atoms with Crippen molar-refractivity contribution in [2.75, 3.05) is 39.6 Å². The van der Waals surface area contributed by atoms with E-state index in [1.54, 1.807) is 6.20 Å². The molecule has 1 aromatic rings. The van der Waals surface area contributed by atoms with Crippen LogP contribution in [0.15, 0.2) is 11.3 Å². The summed E-state index contributed by atoms with van der Waals surface area (Å²) in [6.07, 6.45) is -10.2. The Balaban J connectivity index is 1.57. The molecule has 2 aliphatic rings. The van der Waals surface area contributed by atoms with Gasteiger partial charge in [-0.2, -0.15) is 0 Å². The largest absolute Gasteiger partial charge is 0.388 e. The molecule has 6 unspecified atom stereocenters. The summed E-state index contributed by atoms with van der Waals surface area (Å²) >= 11 is 0. The van der Waals surface area contributed by atoms with Gasteiger partial charge in [-0.15, -0.1) is 5.10 Å². The smallest absolute Gasteiger partial charge is 0.189 e. The number of hydrogen-bond acceptors (Lipinski definition) is 15. The summed E-state index contributed by atoms with van der Waals surface area (Å²) in [5.41, 5.74) is 8.71. The average molecular weight is 663 g/mol. The van der Waals surface area contributed by atoms with Gasteiger partial charge in [0.15, 0.2) is 12.6 Å². The number of hydrogen-bond donors (Lipinski definition) is 6. The molecule has 0 spiro atoms. The van der Waals surface area contributed by atoms with Gasteiger partial charge in [-0.25, -0.2) is 4.68 Å². The molecule has 18 nitrogen and oxygen atoms in total. The van der Waals surface area contributed by atoms with Crippen LogP contribution in [0.1, 0.15) is 52.1 Å². The predicted octanol–water partition coefficient (Wildman–Crippen LogP) is -0.623. The van der Waals surface area contributed by atoms with E-state index in [0.717, 1.165) is 25.7 Å². The third kappa shape index (κ3) is 11.0. The zero-order valence-corrected chi connectivity index (χ0v) is 26.7. The van der Waals surface area contributed by atoms with Crippen LogP contribution in [-0.2, 0) is 41.6 Å². The Morgan fingerprint density at radius 2 is 1.39 bits per heavy atom. The van der Waals surface area contributed by atoms with Gasteiger partial charge in [0.2, 0.25) is 0 Å². The number of aliphatic hydroxyl groups is 6. The monoisotopic (exact) mass is 662 g/mol. The molecule has 3 rings (SSSR count). The van der Waals surface area contributed by atoms with Crippen molar-refractivity contribution in [1.29, 1.82) is 0 Å². The molecule has 0 radical (unpaired) electrons. The number of rotatable bonds is 20. The second-order valence-corrected chi connectivity index (χ2v) is 12.1. The van der Waals surface area contributed by atoms with Gasteiger partial charge in [-0.05, 0) is 18.4 Å². The third-order valence-corrected chi connectivity index (χ3v) is 7.77. The van der Waals surface area contributed by atoms with E-state index in [0.29, 0.717) is 38.7 Å². The Kier molecular flexibility index (Phi) is 15.9. The van der Waals surface area contributed by atoms with Crippen LogP contribution < -0.4 is 0 Å². The second-order valence-electron chi connectivity index (χ2n) is 12.1. The lowest BCUT2D eigenvalue weighted by atomic mass is 9.94. The van der Waals surface area contributed by atoms with E-state index in [-0.39, 0.29) is 25.1 Å². The van der Waals surface area contributed by atoms with Crippen LogP contribution in [0.5, 0.6) is 0 Å². The Morgan fingerprint density at radius 1 is 0.848 bits per heavy atom. The first-order valence-electron chi connectivity index (χ1n) is 15.7. The summed E-state index contributed by atoms with van der Waals surface area (Å²) in [6.45, 7) is 8.56. The molecule has 3 heterocycles. The highest BCUT2D eigenvalue weighted by Crippen LogP contribution is 2.29. The summed E-state index contributed by atoms with van der Waals surface area (Å²) < 4.78 is 35.8. The molecule has 2 saturated heterocycles. The summed E-state index contributed by atoms with van der Waals surface area (Å²) in [6, 6.07) is 0. The number of aliphatic hydroxyl groups excluding tert-OH is 6.